The van der Waals surface area contributed by atoms with Gasteiger partial charge in [-0.3, -0.25) is 4.57 Å². The SMILES string of the molecule is CCCCSP(C)(=O)OC. The van der Waals surface area contributed by atoms with Crippen molar-refractivity contribution in [1.82, 2.24) is 0 Å². The van der Waals surface area contributed by atoms with E-state index in [1.807, 2.05) is 0 Å². The van der Waals surface area contributed by atoms with Crippen molar-refractivity contribution in [3.05, 3.63) is 0 Å². The molecule has 0 aromatic heterocycles. The second-order valence-corrected chi connectivity index (χ2v) is 7.48. The fourth-order valence-corrected chi connectivity index (χ4v) is 2.98. The van der Waals surface area contributed by atoms with E-state index in [1.54, 1.807) is 6.66 Å². The first-order valence-electron chi connectivity index (χ1n) is 3.40. The molecule has 1 atom stereocenters. The zero-order valence-corrected chi connectivity index (χ0v) is 8.50. The van der Waals surface area contributed by atoms with Gasteiger partial charge in [0.15, 0.2) is 0 Å². The van der Waals surface area contributed by atoms with Gasteiger partial charge in [-0.25, -0.2) is 0 Å². The molecule has 0 spiro atoms. The van der Waals surface area contributed by atoms with Gasteiger partial charge in [-0.2, -0.15) is 0 Å². The summed E-state index contributed by atoms with van der Waals surface area (Å²) in [6.45, 7) is 1.49. The van der Waals surface area contributed by atoms with Crippen molar-refractivity contribution in [2.24, 2.45) is 0 Å². The molecule has 0 bridgehead atoms. The van der Waals surface area contributed by atoms with Gasteiger partial charge in [-0.05, 0) is 6.42 Å². The number of unbranched alkanes of at least 4 members (excludes halogenated alkanes) is 1. The van der Waals surface area contributed by atoms with Crippen LogP contribution in [0.4, 0.5) is 0 Å². The van der Waals surface area contributed by atoms with Crippen molar-refractivity contribution < 1.29 is 9.09 Å². The maximum atomic E-state index is 11.2. The molecule has 0 aliphatic rings. The lowest BCUT2D eigenvalue weighted by atomic mass is 10.4. The molecule has 0 fully saturated rings. The van der Waals surface area contributed by atoms with Gasteiger partial charge in [0.2, 0.25) is 0 Å². The lowest BCUT2D eigenvalue weighted by Gasteiger charge is -2.07. The summed E-state index contributed by atoms with van der Waals surface area (Å²) < 4.78 is 16.0. The number of hydrogen-bond donors (Lipinski definition) is 0. The van der Waals surface area contributed by atoms with E-state index in [1.165, 1.54) is 18.5 Å². The minimum absolute atomic E-state index is 0.943. The minimum atomic E-state index is -2.29. The third kappa shape index (κ3) is 5.33. The lowest BCUT2D eigenvalue weighted by Crippen LogP contribution is -1.80. The van der Waals surface area contributed by atoms with E-state index in [9.17, 15) is 4.57 Å². The highest BCUT2D eigenvalue weighted by atomic mass is 32.7. The second kappa shape index (κ2) is 5.22. The Morgan fingerprint density at radius 2 is 2.20 bits per heavy atom. The second-order valence-electron chi connectivity index (χ2n) is 2.14. The first-order chi connectivity index (χ1) is 4.62. The zero-order chi connectivity index (χ0) is 8.04. The Balaban J connectivity index is 3.38. The third-order valence-electron chi connectivity index (χ3n) is 1.16. The third-order valence-corrected chi connectivity index (χ3v) is 5.16. The molecule has 10 heavy (non-hydrogen) atoms. The molecule has 2 nitrogen and oxygen atoms in total. The normalized spacial score (nSPS) is 16.7. The van der Waals surface area contributed by atoms with Crippen LogP contribution in [0.15, 0.2) is 0 Å². The fraction of sp³-hybridized carbons (Fsp3) is 1.00. The number of hydrogen-bond acceptors (Lipinski definition) is 3. The van der Waals surface area contributed by atoms with Crippen LogP contribution in [0.2, 0.25) is 0 Å². The average Bonchev–Trinajstić information content (AvgIpc) is 1.89. The Labute approximate surface area is 66.9 Å². The molecule has 0 saturated carbocycles. The summed E-state index contributed by atoms with van der Waals surface area (Å²) in [5.74, 6) is 0.943. The maximum Gasteiger partial charge on any atom is 0.254 e. The molecule has 62 valence electrons. The Bertz CT molecular complexity index is 127. The van der Waals surface area contributed by atoms with Crippen LogP contribution in [0.5, 0.6) is 0 Å². The van der Waals surface area contributed by atoms with Crippen molar-refractivity contribution in [2.45, 2.75) is 19.8 Å². The van der Waals surface area contributed by atoms with Gasteiger partial charge in [-0.15, -0.1) is 0 Å². The summed E-state index contributed by atoms with van der Waals surface area (Å²) in [5.41, 5.74) is 0. The van der Waals surface area contributed by atoms with Gasteiger partial charge < -0.3 is 4.52 Å². The average molecular weight is 182 g/mol. The molecule has 0 N–H and O–H groups in total. The predicted molar refractivity (Wildman–Crippen MR) is 47.9 cm³/mol. The van der Waals surface area contributed by atoms with E-state index in [-0.39, 0.29) is 0 Å². The van der Waals surface area contributed by atoms with Crippen molar-refractivity contribution in [3.63, 3.8) is 0 Å². The van der Waals surface area contributed by atoms with E-state index in [4.69, 9.17) is 4.52 Å². The number of rotatable bonds is 5. The zero-order valence-electron chi connectivity index (χ0n) is 6.79. The van der Waals surface area contributed by atoms with Crippen LogP contribution in [0, 0.1) is 0 Å². The van der Waals surface area contributed by atoms with E-state index >= 15 is 0 Å². The Kier molecular flexibility index (Phi) is 5.51. The summed E-state index contributed by atoms with van der Waals surface area (Å²) >= 11 is 1.44. The van der Waals surface area contributed by atoms with Gasteiger partial charge in [0.25, 0.3) is 6.57 Å². The van der Waals surface area contributed by atoms with E-state index in [0.717, 1.165) is 18.6 Å². The molecule has 0 radical (unpaired) electrons. The Morgan fingerprint density at radius 3 is 2.60 bits per heavy atom. The van der Waals surface area contributed by atoms with E-state index < -0.39 is 6.57 Å². The molecule has 0 amide bonds. The lowest BCUT2D eigenvalue weighted by molar-refractivity contribution is 0.414. The first kappa shape index (κ1) is 10.5. The molecule has 0 aromatic carbocycles. The van der Waals surface area contributed by atoms with E-state index in [0.29, 0.717) is 0 Å². The van der Waals surface area contributed by atoms with Gasteiger partial charge in [0, 0.05) is 19.5 Å². The van der Waals surface area contributed by atoms with Crippen LogP contribution in [0.25, 0.3) is 0 Å². The Hall–Kier alpha value is 0.540. The van der Waals surface area contributed by atoms with Crippen LogP contribution in [0.3, 0.4) is 0 Å². The molecule has 0 saturated heterocycles. The summed E-state index contributed by atoms with van der Waals surface area (Å²) in [6.07, 6.45) is 2.27. The molecule has 0 rings (SSSR count). The summed E-state index contributed by atoms with van der Waals surface area (Å²) in [7, 11) is 1.50. The summed E-state index contributed by atoms with van der Waals surface area (Å²) in [6, 6.07) is 0. The molecule has 0 heterocycles. The first-order valence-corrected chi connectivity index (χ1v) is 7.06. The monoisotopic (exact) mass is 182 g/mol. The highest BCUT2D eigenvalue weighted by Gasteiger charge is 2.12. The largest absolute Gasteiger partial charge is 0.325 e. The van der Waals surface area contributed by atoms with Crippen LogP contribution in [-0.2, 0) is 9.09 Å². The molecular formula is C6H15O2PS. The quantitative estimate of drug-likeness (QED) is 0.483. The molecule has 4 heteroatoms. The van der Waals surface area contributed by atoms with Gasteiger partial charge >= 0.3 is 0 Å². The van der Waals surface area contributed by atoms with Crippen LogP contribution < -0.4 is 0 Å². The van der Waals surface area contributed by atoms with Gasteiger partial charge in [-0.1, -0.05) is 24.7 Å². The van der Waals surface area contributed by atoms with Crippen LogP contribution in [-0.4, -0.2) is 19.5 Å². The van der Waals surface area contributed by atoms with Gasteiger partial charge in [0.05, 0.1) is 0 Å². The van der Waals surface area contributed by atoms with Crippen molar-refractivity contribution in [2.75, 3.05) is 19.5 Å². The topological polar surface area (TPSA) is 26.3 Å². The highest BCUT2D eigenvalue weighted by Crippen LogP contribution is 2.55. The van der Waals surface area contributed by atoms with Crippen LogP contribution >= 0.6 is 18.0 Å². The van der Waals surface area contributed by atoms with Crippen molar-refractivity contribution in [3.8, 4) is 0 Å². The van der Waals surface area contributed by atoms with Gasteiger partial charge in [0.1, 0.15) is 0 Å². The standard InChI is InChI=1S/C6H15O2PS/c1-4-5-6-10-9(3,7)8-2/h4-6H2,1-3H3. The summed E-state index contributed by atoms with van der Waals surface area (Å²) in [4.78, 5) is 0. The molecular weight excluding hydrogens is 167 g/mol. The molecule has 0 aliphatic carbocycles. The predicted octanol–water partition coefficient (Wildman–Crippen LogP) is 2.99. The fourth-order valence-electron chi connectivity index (χ4n) is 0.427. The molecule has 0 aliphatic heterocycles. The smallest absolute Gasteiger partial charge is 0.254 e. The van der Waals surface area contributed by atoms with Crippen molar-refractivity contribution in [1.29, 1.82) is 0 Å². The van der Waals surface area contributed by atoms with Crippen LogP contribution in [0.1, 0.15) is 19.8 Å². The van der Waals surface area contributed by atoms with Crippen molar-refractivity contribution >= 4 is 18.0 Å². The Morgan fingerprint density at radius 1 is 1.60 bits per heavy atom. The summed E-state index contributed by atoms with van der Waals surface area (Å²) in [5, 5.41) is 0. The highest BCUT2D eigenvalue weighted by molar-refractivity contribution is 8.56. The molecule has 0 aromatic rings. The minimum Gasteiger partial charge on any atom is -0.325 e. The maximum absolute atomic E-state index is 11.2. The molecule has 1 unspecified atom stereocenters. The van der Waals surface area contributed by atoms with E-state index in [2.05, 4.69) is 6.92 Å².